The van der Waals surface area contributed by atoms with Gasteiger partial charge in [-0.2, -0.15) is 10.2 Å². The van der Waals surface area contributed by atoms with Crippen molar-refractivity contribution in [3.63, 3.8) is 0 Å². The van der Waals surface area contributed by atoms with E-state index >= 15 is 0 Å². The zero-order valence-corrected chi connectivity index (χ0v) is 20.3. The van der Waals surface area contributed by atoms with E-state index in [2.05, 4.69) is 36.3 Å². The van der Waals surface area contributed by atoms with E-state index in [0.29, 0.717) is 6.54 Å². The number of hydrogen-bond acceptors (Lipinski definition) is 10. The molecular weight excluding hydrogens is 460 g/mol. The molecule has 0 unspecified atom stereocenters. The molecule has 0 spiro atoms. The molecule has 0 radical (unpaired) electrons. The number of nitrogens with zero attached hydrogens (tertiary/aromatic N) is 6. The number of pyridine rings is 1. The van der Waals surface area contributed by atoms with Gasteiger partial charge in [0.05, 0.1) is 40.0 Å². The summed E-state index contributed by atoms with van der Waals surface area (Å²) in [4.78, 5) is 5.95. The monoisotopic (exact) mass is 486 g/mol. The van der Waals surface area contributed by atoms with Crippen molar-refractivity contribution in [1.82, 2.24) is 4.98 Å². The van der Waals surface area contributed by atoms with E-state index in [-0.39, 0.29) is 6.61 Å². The highest BCUT2D eigenvalue weighted by Crippen LogP contribution is 2.33. The summed E-state index contributed by atoms with van der Waals surface area (Å²) < 4.78 is 0. The number of aliphatic hydroxyl groups is 1. The van der Waals surface area contributed by atoms with E-state index in [0.717, 1.165) is 44.0 Å². The fourth-order valence-corrected chi connectivity index (χ4v) is 3.89. The molecule has 178 valence electrons. The van der Waals surface area contributed by atoms with Crippen molar-refractivity contribution >= 4 is 49.8 Å². The largest absolute Gasteiger partial charge is 0.395 e. The van der Waals surface area contributed by atoms with Gasteiger partial charge in [-0.05, 0) is 79.2 Å². The lowest BCUT2D eigenvalue weighted by Gasteiger charge is -2.14. The summed E-state index contributed by atoms with van der Waals surface area (Å²) in [7, 11) is 1.94. The molecule has 0 amide bonds. The van der Waals surface area contributed by atoms with Crippen LogP contribution in [-0.4, -0.2) is 30.3 Å². The topological polar surface area (TPSA) is 110 Å². The quantitative estimate of drug-likeness (QED) is 0.163. The molecular formula is C25H26N8OS. The van der Waals surface area contributed by atoms with Gasteiger partial charge in [0.25, 0.3) is 0 Å². The molecule has 0 saturated carbocycles. The van der Waals surface area contributed by atoms with Gasteiger partial charge in [0, 0.05) is 26.0 Å². The van der Waals surface area contributed by atoms with E-state index in [4.69, 9.17) is 5.11 Å². The lowest BCUT2D eigenvalue weighted by molar-refractivity contribution is 0.304. The minimum absolute atomic E-state index is 0.115. The van der Waals surface area contributed by atoms with Crippen LogP contribution in [-0.2, 0) is 0 Å². The van der Waals surface area contributed by atoms with Crippen molar-refractivity contribution in [3.8, 4) is 0 Å². The number of nitrogens with one attached hydrogen (secondary N) is 2. The van der Waals surface area contributed by atoms with E-state index in [1.54, 1.807) is 24.5 Å². The number of anilines is 3. The standard InChI is InChI=1S/C25H26N8OS/c1-18-17-22(30-32-24-9-10-25(35-24)33(2)15-16-34)7-8-23(18)31-29-20-5-3-19(4-6-20)27-28-21-11-13-26-14-12-21/h3-14,17,29,31,34H,15-16H2,1-2H3. The number of hydrogen-bond donors (Lipinski definition) is 3. The lowest BCUT2D eigenvalue weighted by Crippen LogP contribution is -2.19. The highest BCUT2D eigenvalue weighted by atomic mass is 32.1. The number of likely N-dealkylation sites (N-methyl/N-ethyl adjacent to an activating group) is 1. The Morgan fingerprint density at radius 2 is 1.51 bits per heavy atom. The number of aromatic nitrogens is 1. The number of thiophene rings is 1. The first-order valence-corrected chi connectivity index (χ1v) is 11.8. The van der Waals surface area contributed by atoms with Crippen molar-refractivity contribution in [2.45, 2.75) is 6.92 Å². The first kappa shape index (κ1) is 24.0. The Morgan fingerprint density at radius 3 is 2.23 bits per heavy atom. The van der Waals surface area contributed by atoms with Gasteiger partial charge in [-0.25, -0.2) is 0 Å². The lowest BCUT2D eigenvalue weighted by atomic mass is 10.2. The molecule has 2 heterocycles. The Bertz CT molecular complexity index is 1290. The van der Waals surface area contributed by atoms with Crippen LogP contribution in [0.5, 0.6) is 0 Å². The van der Waals surface area contributed by atoms with Crippen molar-refractivity contribution < 1.29 is 5.11 Å². The summed E-state index contributed by atoms with van der Waals surface area (Å²) in [5.41, 5.74) is 11.6. The van der Waals surface area contributed by atoms with Crippen LogP contribution in [0, 0.1) is 6.92 Å². The fraction of sp³-hybridized carbons (Fsp3) is 0.160. The van der Waals surface area contributed by atoms with Crippen LogP contribution >= 0.6 is 11.3 Å². The molecule has 0 fully saturated rings. The summed E-state index contributed by atoms with van der Waals surface area (Å²) >= 11 is 1.53. The van der Waals surface area contributed by atoms with Gasteiger partial charge in [-0.15, -0.1) is 10.2 Å². The minimum atomic E-state index is 0.115. The summed E-state index contributed by atoms with van der Waals surface area (Å²) in [6, 6.07) is 21.0. The molecule has 0 aliphatic heterocycles. The van der Waals surface area contributed by atoms with E-state index < -0.39 is 0 Å². The fourth-order valence-electron chi connectivity index (χ4n) is 3.07. The van der Waals surface area contributed by atoms with Crippen LogP contribution in [0.1, 0.15) is 5.56 Å². The number of aryl methyl sites for hydroxylation is 1. The first-order chi connectivity index (χ1) is 17.1. The highest BCUT2D eigenvalue weighted by molar-refractivity contribution is 7.19. The van der Waals surface area contributed by atoms with Crippen molar-refractivity contribution in [3.05, 3.63) is 84.7 Å². The normalized spacial score (nSPS) is 11.3. The predicted molar refractivity (Wildman–Crippen MR) is 142 cm³/mol. The maximum atomic E-state index is 9.08. The van der Waals surface area contributed by atoms with Crippen LogP contribution in [0.25, 0.3) is 0 Å². The third-order valence-corrected chi connectivity index (χ3v) is 6.10. The number of azo groups is 2. The molecule has 35 heavy (non-hydrogen) atoms. The van der Waals surface area contributed by atoms with Crippen LogP contribution in [0.15, 0.2) is 99.6 Å². The zero-order chi connectivity index (χ0) is 24.5. The van der Waals surface area contributed by atoms with Gasteiger partial charge in [-0.1, -0.05) is 11.3 Å². The summed E-state index contributed by atoms with van der Waals surface area (Å²) in [5.74, 6) is 0. The Hall–Kier alpha value is -4.15. The number of hydrazine groups is 1. The molecule has 2 aromatic heterocycles. The molecule has 2 aromatic carbocycles. The third-order valence-electron chi connectivity index (χ3n) is 5.02. The second kappa shape index (κ2) is 11.8. The Labute approximate surface area is 207 Å². The molecule has 0 aliphatic rings. The maximum absolute atomic E-state index is 9.08. The van der Waals surface area contributed by atoms with Crippen molar-refractivity contribution in [2.24, 2.45) is 20.5 Å². The van der Waals surface area contributed by atoms with Crippen LogP contribution < -0.4 is 15.8 Å². The molecule has 0 aliphatic carbocycles. The first-order valence-electron chi connectivity index (χ1n) is 11.0. The van der Waals surface area contributed by atoms with E-state index in [1.807, 2.05) is 73.5 Å². The van der Waals surface area contributed by atoms with E-state index in [9.17, 15) is 0 Å². The van der Waals surface area contributed by atoms with Crippen LogP contribution in [0.4, 0.5) is 38.4 Å². The molecule has 9 nitrogen and oxygen atoms in total. The van der Waals surface area contributed by atoms with Gasteiger partial charge in [0.2, 0.25) is 0 Å². The molecule has 10 heteroatoms. The molecule has 4 rings (SSSR count). The van der Waals surface area contributed by atoms with E-state index in [1.165, 1.54) is 11.3 Å². The molecule has 0 bridgehead atoms. The Morgan fingerprint density at radius 1 is 0.829 bits per heavy atom. The van der Waals surface area contributed by atoms with Gasteiger partial charge in [-0.3, -0.25) is 4.98 Å². The SMILES string of the molecule is Cc1cc(N=Nc2ccc(N(C)CCO)s2)ccc1NNc1ccc(N=Nc2ccncc2)cc1. The predicted octanol–water partition coefficient (Wildman–Crippen LogP) is 7.15. The van der Waals surface area contributed by atoms with Gasteiger partial charge >= 0.3 is 0 Å². The molecule has 0 atom stereocenters. The highest BCUT2D eigenvalue weighted by Gasteiger charge is 2.05. The van der Waals surface area contributed by atoms with Gasteiger partial charge in [0.15, 0.2) is 0 Å². The Balaban J connectivity index is 1.32. The van der Waals surface area contributed by atoms with Crippen molar-refractivity contribution in [1.29, 1.82) is 0 Å². The number of rotatable bonds is 10. The average molecular weight is 487 g/mol. The second-order valence-corrected chi connectivity index (χ2v) is 8.70. The molecule has 3 N–H and O–H groups in total. The van der Waals surface area contributed by atoms with Crippen LogP contribution in [0.3, 0.4) is 0 Å². The second-order valence-electron chi connectivity index (χ2n) is 7.66. The molecule has 4 aromatic rings. The molecule has 0 saturated heterocycles. The minimum Gasteiger partial charge on any atom is -0.395 e. The summed E-state index contributed by atoms with van der Waals surface area (Å²) in [6.07, 6.45) is 3.37. The van der Waals surface area contributed by atoms with Crippen LogP contribution in [0.2, 0.25) is 0 Å². The summed E-state index contributed by atoms with van der Waals surface area (Å²) in [5, 5.41) is 28.1. The smallest absolute Gasteiger partial charge is 0.140 e. The van der Waals surface area contributed by atoms with Gasteiger partial charge < -0.3 is 20.9 Å². The third kappa shape index (κ3) is 6.92. The Kier molecular flexibility index (Phi) is 8.10. The van der Waals surface area contributed by atoms with Crippen molar-refractivity contribution in [2.75, 3.05) is 36.0 Å². The number of aliphatic hydroxyl groups excluding tert-OH is 1. The van der Waals surface area contributed by atoms with Gasteiger partial charge in [0.1, 0.15) is 5.00 Å². The number of benzene rings is 2. The summed E-state index contributed by atoms with van der Waals surface area (Å²) in [6.45, 7) is 2.71. The maximum Gasteiger partial charge on any atom is 0.140 e. The zero-order valence-electron chi connectivity index (χ0n) is 19.5. The average Bonchev–Trinajstić information content (AvgIpc) is 3.36.